The Hall–Kier alpha value is -18.9. The van der Waals surface area contributed by atoms with E-state index in [1.54, 1.807) is 0 Å². The van der Waals surface area contributed by atoms with Gasteiger partial charge >= 0.3 is 65.7 Å². The average Bonchev–Trinajstić information content (AvgIpc) is 1.47. The minimum Gasteiger partial charge on any atom is -0.504 e. The molecule has 7 fully saturated rings. The third-order valence-corrected chi connectivity index (χ3v) is 25.7. The number of aromatic hydroxyl groups is 24. The minimum absolute atomic E-state index is 0.000881. The van der Waals surface area contributed by atoms with E-state index in [0.717, 1.165) is 0 Å². The Labute approximate surface area is 805 Å². The van der Waals surface area contributed by atoms with Crippen molar-refractivity contribution in [1.29, 1.82) is 0 Å². The standard InChI is InChI=1S/C88H62O59/c89-25-1-16(2-26(90)45(25)101)72(117)140-65-62-37(14-131-74(119)18-5-29(93)47(103)53(109)40(18)41-19(76(121)138-62)6-30(94)48(104)54(41)110)135-80(125)67(65)141-79(124)24-10-33(97)51(107)58(114)60(24)134-36-11-22-43(56(112)61(36)137-59-23(71(115)116)9-32(96)50(106)57(59)113)42-20(7-31(95)49(105)55(42)111)77(122)139-63-38(15-132-75(22)120)136-81(145-73(118)17-3-27(91)46(102)28(92)4-17)68-66(63)143-82(126)84-12-39(100)86(128,147-85(84)83(127)144-70-35(99)13-133-88(70,85)130)87(129)69(84)44-21(78(123)142-68)8-34(98)52(108)64(44)146-87/h1-11,35,37-38,62-63,65-70,80-81,89-99,101-114,125,128-130H,12-15H2,(H,115,116). The lowest BCUT2D eigenvalue weighted by Crippen LogP contribution is -2.88. The maximum absolute atomic E-state index is 16.9. The number of carbonyl (C=O) groups is 12. The fourth-order valence-electron chi connectivity index (χ4n) is 18.9. The molecule has 30 N–H and O–H groups in total. The molecule has 0 amide bonds. The van der Waals surface area contributed by atoms with Crippen molar-refractivity contribution in [3.8, 4) is 189 Å². The highest BCUT2D eigenvalue weighted by Gasteiger charge is 2.97. The first kappa shape index (κ1) is 96.9. The molecular formula is C88H62O59. The highest BCUT2D eigenvalue weighted by molar-refractivity contribution is 6.12. The van der Waals surface area contributed by atoms with Gasteiger partial charge in [0.25, 0.3) is 11.6 Å². The summed E-state index contributed by atoms with van der Waals surface area (Å²) in [5, 5.41) is 342. The number of cyclic esters (lactones) is 2. The first-order chi connectivity index (χ1) is 69.1. The van der Waals surface area contributed by atoms with E-state index in [2.05, 4.69) is 0 Å². The second-order valence-electron chi connectivity index (χ2n) is 33.8. The smallest absolute Gasteiger partial charge is 0.346 e. The number of aliphatic hydroxyl groups is 5. The number of phenolic OH excluding ortho intramolecular Hbond substituents is 24. The summed E-state index contributed by atoms with van der Waals surface area (Å²) in [5.74, 6) is -88.9. The highest BCUT2D eigenvalue weighted by atomic mass is 16.8. The van der Waals surface area contributed by atoms with Crippen molar-refractivity contribution in [3.63, 3.8) is 0 Å². The number of carboxylic acid groups (broad SMARTS) is 1. The molecule has 59 heteroatoms. The molecule has 6 saturated heterocycles. The lowest BCUT2D eigenvalue weighted by Gasteiger charge is -2.64. The quantitative estimate of drug-likeness (QED) is 0.0425. The largest absolute Gasteiger partial charge is 0.504 e. The van der Waals surface area contributed by atoms with Gasteiger partial charge in [0, 0.05) is 52.4 Å². The third-order valence-electron chi connectivity index (χ3n) is 25.7. The van der Waals surface area contributed by atoms with Crippen LogP contribution in [0.15, 0.2) is 66.7 Å². The van der Waals surface area contributed by atoms with E-state index < -0.39 is 450 Å². The zero-order chi connectivity index (χ0) is 106. The van der Waals surface area contributed by atoms with Crippen LogP contribution in [-0.2, 0) is 80.7 Å². The summed E-state index contributed by atoms with van der Waals surface area (Å²) < 4.78 is 97.8. The Morgan fingerprint density at radius 2 is 0.796 bits per heavy atom. The number of esters is 10. The van der Waals surface area contributed by atoms with Gasteiger partial charge in [-0.2, -0.15) is 0 Å². The summed E-state index contributed by atoms with van der Waals surface area (Å²) in [6, 6.07) is 2.43. The van der Waals surface area contributed by atoms with Gasteiger partial charge in [-0.3, -0.25) is 9.59 Å². The first-order valence-electron chi connectivity index (χ1n) is 41.5. The molecule has 0 aromatic heterocycles. The number of aromatic carboxylic acids is 1. The average molecular weight is 2060 g/mol. The second-order valence-corrected chi connectivity index (χ2v) is 33.8. The van der Waals surface area contributed by atoms with Crippen molar-refractivity contribution >= 4 is 71.4 Å². The molecule has 9 aromatic carbocycles. The maximum atomic E-state index is 16.9. The van der Waals surface area contributed by atoms with Crippen molar-refractivity contribution in [2.24, 2.45) is 5.41 Å². The van der Waals surface area contributed by atoms with Gasteiger partial charge in [-0.15, -0.1) is 0 Å². The van der Waals surface area contributed by atoms with Crippen molar-refractivity contribution in [3.05, 3.63) is 122 Å². The van der Waals surface area contributed by atoms with E-state index in [0.29, 0.717) is 30.3 Å². The molecule has 59 nitrogen and oxygen atoms in total. The number of ether oxygens (including phenoxy) is 17. The zero-order valence-corrected chi connectivity index (χ0v) is 71.9. The molecule has 768 valence electrons. The van der Waals surface area contributed by atoms with Gasteiger partial charge in [0.05, 0.1) is 51.5 Å². The third kappa shape index (κ3) is 13.8. The minimum atomic E-state index is -4.26. The molecule has 10 heterocycles. The number of rotatable bonds is 11. The van der Waals surface area contributed by atoms with Gasteiger partial charge in [0.2, 0.25) is 75.5 Å². The van der Waals surface area contributed by atoms with Crippen LogP contribution < -0.4 is 14.2 Å². The van der Waals surface area contributed by atoms with Crippen molar-refractivity contribution in [1.82, 2.24) is 0 Å². The summed E-state index contributed by atoms with van der Waals surface area (Å²) in [6.45, 7) is -4.55. The molecule has 2 spiro atoms. The molecule has 11 aliphatic rings. The fourth-order valence-corrected chi connectivity index (χ4v) is 18.9. The number of hydrogen-bond acceptors (Lipinski definition) is 58. The van der Waals surface area contributed by atoms with Crippen LogP contribution >= 0.6 is 0 Å². The highest BCUT2D eigenvalue weighted by Crippen LogP contribution is 2.76. The predicted molar refractivity (Wildman–Crippen MR) is 440 cm³/mol. The number of hydrogen-bond donors (Lipinski definition) is 30. The van der Waals surface area contributed by atoms with Crippen LogP contribution in [0.3, 0.4) is 0 Å². The fraction of sp³-hybridized carbons (Fsp3) is 0.250. The van der Waals surface area contributed by atoms with E-state index in [4.69, 9.17) is 80.5 Å². The number of aliphatic hydroxyl groups excluding tert-OH is 2. The SMILES string of the molecule is O=C(OC1OC2COC(=O)c3cc(Oc4c(C(=O)OC5C(O)OC6COC(=O)c7cc(O)c(O)c(O)c7-c7c(cc(O)c(O)c7O)C(=O)OC6C5OC(=O)c5cc(O)c(O)c(O)c5)cc(O)c(O)c4O)c(Oc4c(C(=O)O)cc(O)c(O)c4O)c(O)c3-c3c(cc(O)c(O)c3O)C(=O)OC2C2OC(=O)C34CC(=O)C(O)(OC35C(=O)OC3C(O)COC35O)C3(O)Oc5c(O)c(O)cc(c5C34)C(=O)OC12)c1cc(O)c(O)c(O)c1. The summed E-state index contributed by atoms with van der Waals surface area (Å²) >= 11 is 0. The Bertz CT molecular complexity index is 7440. The van der Waals surface area contributed by atoms with Crippen molar-refractivity contribution in [2.75, 3.05) is 19.8 Å². The van der Waals surface area contributed by atoms with Crippen LogP contribution in [0, 0.1) is 5.41 Å². The van der Waals surface area contributed by atoms with Crippen LogP contribution in [-0.4, -0.2) is 341 Å². The Morgan fingerprint density at radius 1 is 0.367 bits per heavy atom. The molecule has 1 saturated carbocycles. The monoisotopic (exact) mass is 2060 g/mol. The normalized spacial score (nSPS) is 27.4. The number of Topliss-reactive ketones (excluding diaryl/α,β-unsaturated/α-hetero) is 1. The van der Waals surface area contributed by atoms with Gasteiger partial charge in [-0.05, 0) is 48.5 Å². The summed E-state index contributed by atoms with van der Waals surface area (Å²) in [5.41, 5.74) is -28.0. The summed E-state index contributed by atoms with van der Waals surface area (Å²) in [7, 11) is 0. The van der Waals surface area contributed by atoms with E-state index in [9.17, 15) is 182 Å². The van der Waals surface area contributed by atoms with Gasteiger partial charge in [-0.25, -0.2) is 47.9 Å². The van der Waals surface area contributed by atoms with Gasteiger partial charge < -0.3 is 234 Å². The molecule has 10 aliphatic heterocycles. The molecule has 2 bridgehead atoms. The molecule has 1 aliphatic carbocycles. The van der Waals surface area contributed by atoms with Crippen LogP contribution in [0.4, 0.5) is 0 Å². The van der Waals surface area contributed by atoms with Gasteiger partial charge in [0.15, 0.2) is 164 Å². The number of ketones is 1. The molecule has 18 unspecified atom stereocenters. The second kappa shape index (κ2) is 33.1. The lowest BCUT2D eigenvalue weighted by molar-refractivity contribution is -0.459. The summed E-state index contributed by atoms with van der Waals surface area (Å²) in [6.07, 6.45) is -36.5. The topological polar surface area (TPSA) is 969 Å². The van der Waals surface area contributed by atoms with E-state index in [1.165, 1.54) is 0 Å². The van der Waals surface area contributed by atoms with Crippen LogP contribution in [0.25, 0.3) is 22.3 Å². The Morgan fingerprint density at radius 3 is 1.33 bits per heavy atom. The maximum Gasteiger partial charge on any atom is 0.346 e. The molecule has 18 atom stereocenters. The molecular weight excluding hydrogens is 2000 g/mol. The van der Waals surface area contributed by atoms with Gasteiger partial charge in [-0.1, -0.05) is 0 Å². The van der Waals surface area contributed by atoms with E-state index >= 15 is 28.8 Å². The number of carbonyl (C=O) groups excluding carboxylic acids is 11. The number of phenols is 24. The molecule has 0 radical (unpaired) electrons. The molecule has 20 rings (SSSR count). The van der Waals surface area contributed by atoms with Crippen molar-refractivity contribution < 1.29 is 291 Å². The molecule has 147 heavy (non-hydrogen) atoms. The van der Waals surface area contributed by atoms with Gasteiger partial charge in [0.1, 0.15) is 48.1 Å². The van der Waals surface area contributed by atoms with E-state index in [1.807, 2.05) is 0 Å². The summed E-state index contributed by atoms with van der Waals surface area (Å²) in [4.78, 5) is 182. The Kier molecular flexibility index (Phi) is 21.8. The zero-order valence-electron chi connectivity index (χ0n) is 71.9. The van der Waals surface area contributed by atoms with Crippen LogP contribution in [0.2, 0.25) is 0 Å². The predicted octanol–water partition coefficient (Wildman–Crippen LogP) is -0.883. The number of fused-ring (bicyclic) bond motifs is 12. The van der Waals surface area contributed by atoms with Crippen LogP contribution in [0.5, 0.6) is 167 Å². The van der Waals surface area contributed by atoms with Crippen LogP contribution in [0.1, 0.15) is 111 Å². The number of benzene rings is 9. The van der Waals surface area contributed by atoms with Crippen molar-refractivity contribution in [2.45, 2.75) is 109 Å². The number of carboxylic acids is 1. The first-order valence-corrected chi connectivity index (χ1v) is 41.5. The lowest BCUT2D eigenvalue weighted by atomic mass is 9.47. The molecule has 9 aromatic rings. The Balaban J connectivity index is 0.778. The van der Waals surface area contributed by atoms with E-state index in [-0.39, 0.29) is 36.4 Å².